The third-order valence-corrected chi connectivity index (χ3v) is 17.8. The average molecular weight is 852 g/mol. The first kappa shape index (κ1) is 42.7. The number of carbonyl (C=O) groups excluding carboxylic acids is 3. The minimum atomic E-state index is -2.69. The number of anilines is 2. The van der Waals surface area contributed by atoms with E-state index >= 15 is 4.79 Å². The van der Waals surface area contributed by atoms with Crippen LogP contribution in [0, 0.1) is 5.92 Å². The highest BCUT2D eigenvalue weighted by molar-refractivity contribution is 6.91. The van der Waals surface area contributed by atoms with Crippen LogP contribution in [-0.4, -0.2) is 113 Å². The Balaban J connectivity index is 1.21. The van der Waals surface area contributed by atoms with Gasteiger partial charge in [-0.25, -0.2) is 0 Å². The van der Waals surface area contributed by atoms with Crippen molar-refractivity contribution in [2.24, 2.45) is 5.92 Å². The Bertz CT molecular complexity index is 2280. The summed E-state index contributed by atoms with van der Waals surface area (Å²) in [7, 11) is -1.08. The van der Waals surface area contributed by atoms with E-state index in [1.54, 1.807) is 35.1 Å². The second-order valence-electron chi connectivity index (χ2n) is 17.2. The molecule has 8 rings (SSSR count). The molecule has 0 aliphatic carbocycles. The van der Waals surface area contributed by atoms with Crippen LogP contribution >= 0.6 is 0 Å². The van der Waals surface area contributed by atoms with Gasteiger partial charge in [-0.1, -0.05) is 91.9 Å². The number of aliphatic hydroxyl groups is 5. The van der Waals surface area contributed by atoms with Gasteiger partial charge in [-0.15, -0.1) is 0 Å². The predicted molar refractivity (Wildman–Crippen MR) is 227 cm³/mol. The molecule has 4 aliphatic rings. The fourth-order valence-corrected chi connectivity index (χ4v) is 14.1. The lowest BCUT2D eigenvalue weighted by atomic mass is 9.82. The van der Waals surface area contributed by atoms with E-state index in [0.717, 1.165) is 21.9 Å². The van der Waals surface area contributed by atoms with Gasteiger partial charge in [0.05, 0.1) is 52.6 Å². The Morgan fingerprint density at radius 2 is 1.59 bits per heavy atom. The van der Waals surface area contributed by atoms with E-state index < -0.39 is 68.4 Å². The molecule has 322 valence electrons. The zero-order valence-electron chi connectivity index (χ0n) is 34.5. The highest BCUT2D eigenvalue weighted by atomic mass is 28.3. The van der Waals surface area contributed by atoms with E-state index in [1.807, 2.05) is 85.8 Å². The summed E-state index contributed by atoms with van der Waals surface area (Å²) in [6, 6.07) is 29.9. The number of aliphatic hydroxyl groups excluding tert-OH is 5. The van der Waals surface area contributed by atoms with Gasteiger partial charge in [0.2, 0.25) is 5.91 Å². The van der Waals surface area contributed by atoms with Gasteiger partial charge < -0.3 is 54.9 Å². The molecule has 0 radical (unpaired) electrons. The van der Waals surface area contributed by atoms with Crippen LogP contribution in [0.1, 0.15) is 35.6 Å². The molecule has 0 unspecified atom stereocenters. The fourth-order valence-electron chi connectivity index (χ4n) is 10.1. The maximum atomic E-state index is 15.4. The molecule has 6 N–H and O–H groups in total. The minimum Gasteiger partial charge on any atom is -0.497 e. The van der Waals surface area contributed by atoms with Gasteiger partial charge in [0.15, 0.2) is 18.0 Å². The van der Waals surface area contributed by atoms with Crippen molar-refractivity contribution in [2.45, 2.75) is 99.9 Å². The van der Waals surface area contributed by atoms with Crippen LogP contribution in [0.25, 0.3) is 0 Å². The summed E-state index contributed by atoms with van der Waals surface area (Å²) in [5.74, 6) is -1.20. The van der Waals surface area contributed by atoms with Gasteiger partial charge in [-0.3, -0.25) is 14.4 Å². The maximum absolute atomic E-state index is 15.4. The van der Waals surface area contributed by atoms with Crippen LogP contribution in [0.3, 0.4) is 0 Å². The number of methoxy groups -OCH3 is 1. The van der Waals surface area contributed by atoms with Gasteiger partial charge in [0, 0.05) is 23.7 Å². The molecule has 10 atom stereocenters. The molecule has 61 heavy (non-hydrogen) atoms. The van der Waals surface area contributed by atoms with Gasteiger partial charge in [0.25, 0.3) is 11.8 Å². The first-order valence-electron chi connectivity index (χ1n) is 20.7. The number of nitrogens with one attached hydrogen (secondary N) is 1. The van der Waals surface area contributed by atoms with Crippen LogP contribution in [0.4, 0.5) is 11.4 Å². The van der Waals surface area contributed by atoms with E-state index in [1.165, 1.54) is 0 Å². The lowest BCUT2D eigenvalue weighted by molar-refractivity contribution is -0.274. The molecule has 4 aromatic carbocycles. The molecule has 0 bridgehead atoms. The summed E-state index contributed by atoms with van der Waals surface area (Å²) in [6.45, 7) is 6.78. The number of fused-ring (bicyclic) bond motifs is 3. The van der Waals surface area contributed by atoms with Gasteiger partial charge in [0.1, 0.15) is 24.1 Å². The van der Waals surface area contributed by atoms with Crippen molar-refractivity contribution >= 4 is 42.4 Å². The highest BCUT2D eigenvalue weighted by Crippen LogP contribution is 2.60. The number of benzene rings is 4. The standard InChI is InChI=1S/C46H53N3O11Si/c1-26-42(61(3,4)33-17-15-32(58-2)16-18-33)36(22-37(51)48-24-29-13-9-8-12-28(29)20-31(48)25-50)60-46(26)34-21-30(47-43(55)41-39(53)38(52)40(54)44(56)59-41)14-19-35(34)49(45(46)57)23-27-10-6-5-7-11-27/h5-19,21,26,31,36,38-42,44,50,52-54,56H,20,22-25H2,1-4H3,(H,47,55)/t26-,31-,36+,38-,39-,40+,41-,42-,44+,46+/m0/s1. The van der Waals surface area contributed by atoms with Crippen LogP contribution in [-0.2, 0) is 49.0 Å². The molecule has 4 aliphatic heterocycles. The van der Waals surface area contributed by atoms with Crippen molar-refractivity contribution in [2.75, 3.05) is 23.9 Å². The predicted octanol–water partition coefficient (Wildman–Crippen LogP) is 2.53. The molecule has 4 aromatic rings. The summed E-state index contributed by atoms with van der Waals surface area (Å²) in [5, 5.41) is 55.4. The normalized spacial score (nSPS) is 29.7. The van der Waals surface area contributed by atoms with Gasteiger partial charge in [-0.2, -0.15) is 0 Å². The summed E-state index contributed by atoms with van der Waals surface area (Å²) in [4.78, 5) is 47.1. The van der Waals surface area contributed by atoms with Crippen LogP contribution in [0.15, 0.2) is 97.1 Å². The number of nitrogens with zero attached hydrogens (tertiary/aromatic N) is 2. The number of carbonyl (C=O) groups is 3. The van der Waals surface area contributed by atoms with E-state index in [2.05, 4.69) is 18.4 Å². The third kappa shape index (κ3) is 7.46. The molecular formula is C46H53N3O11Si. The van der Waals surface area contributed by atoms with Crippen molar-refractivity contribution in [3.8, 4) is 5.75 Å². The van der Waals surface area contributed by atoms with Crippen molar-refractivity contribution in [3.05, 3.63) is 119 Å². The number of ether oxygens (including phenoxy) is 3. The molecule has 1 spiro atoms. The Labute approximate surface area is 355 Å². The largest absolute Gasteiger partial charge is 0.497 e. The second-order valence-corrected chi connectivity index (χ2v) is 21.9. The van der Waals surface area contributed by atoms with Crippen LogP contribution in [0.5, 0.6) is 5.75 Å². The minimum absolute atomic E-state index is 0.0485. The summed E-state index contributed by atoms with van der Waals surface area (Å²) >= 11 is 0. The van der Waals surface area contributed by atoms with Crippen molar-refractivity contribution in [3.63, 3.8) is 0 Å². The van der Waals surface area contributed by atoms with E-state index in [9.17, 15) is 35.1 Å². The first-order valence-corrected chi connectivity index (χ1v) is 23.8. The quantitative estimate of drug-likeness (QED) is 0.128. The first-order chi connectivity index (χ1) is 29.2. The summed E-state index contributed by atoms with van der Waals surface area (Å²) in [5.41, 5.74) is 2.33. The Hall–Kier alpha value is -4.97. The SMILES string of the molecule is COc1ccc([Si](C)(C)[C@@H]2[C@@H](CC(=O)N3Cc4ccccc4C[C@H]3CO)O[C@]3(C(=O)N(Cc4ccccc4)c4ccc(NC(=O)[C@H]5O[C@@H](O)[C@H](O)[C@@H](O)[C@@H]5O)cc43)[C@H]2C)cc1. The van der Waals surface area contributed by atoms with Gasteiger partial charge in [-0.05, 0) is 59.0 Å². The van der Waals surface area contributed by atoms with Gasteiger partial charge >= 0.3 is 0 Å². The maximum Gasteiger partial charge on any atom is 0.264 e. The molecule has 0 aromatic heterocycles. The monoisotopic (exact) mass is 851 g/mol. The molecule has 2 saturated heterocycles. The second kappa shape index (κ2) is 16.7. The topological polar surface area (TPSA) is 199 Å². The van der Waals surface area contributed by atoms with E-state index in [0.29, 0.717) is 30.0 Å². The molecular weight excluding hydrogens is 799 g/mol. The van der Waals surface area contributed by atoms with Crippen LogP contribution < -0.4 is 20.1 Å². The smallest absolute Gasteiger partial charge is 0.264 e. The zero-order chi connectivity index (χ0) is 43.4. The number of hydrogen-bond acceptors (Lipinski definition) is 11. The lowest BCUT2D eigenvalue weighted by Crippen LogP contribution is -2.60. The highest BCUT2D eigenvalue weighted by Gasteiger charge is 2.66. The lowest BCUT2D eigenvalue weighted by Gasteiger charge is -2.39. The Morgan fingerprint density at radius 3 is 2.28 bits per heavy atom. The molecule has 2 fully saturated rings. The third-order valence-electron chi connectivity index (χ3n) is 13.4. The summed E-state index contributed by atoms with van der Waals surface area (Å²) in [6.07, 6.45) is -9.44. The summed E-state index contributed by atoms with van der Waals surface area (Å²) < 4.78 is 18.0. The van der Waals surface area contributed by atoms with E-state index in [4.69, 9.17) is 14.2 Å². The van der Waals surface area contributed by atoms with Crippen LogP contribution in [0.2, 0.25) is 18.6 Å². The van der Waals surface area contributed by atoms with Crippen molar-refractivity contribution in [1.29, 1.82) is 0 Å². The number of hydrogen-bond donors (Lipinski definition) is 6. The molecule has 4 heterocycles. The van der Waals surface area contributed by atoms with Crippen molar-refractivity contribution < 1.29 is 54.1 Å². The average Bonchev–Trinajstić information content (AvgIpc) is 3.69. The molecule has 3 amide bonds. The zero-order valence-corrected chi connectivity index (χ0v) is 35.5. The number of amides is 3. The van der Waals surface area contributed by atoms with Crippen molar-refractivity contribution in [1.82, 2.24) is 4.90 Å². The molecule has 0 saturated carbocycles. The molecule has 15 heteroatoms. The fraction of sp³-hybridized carbons (Fsp3) is 0.413. The Morgan fingerprint density at radius 1 is 0.902 bits per heavy atom. The molecule has 14 nitrogen and oxygen atoms in total. The number of rotatable bonds is 10. The Kier molecular flexibility index (Phi) is 11.7. The van der Waals surface area contributed by atoms with E-state index in [-0.39, 0.29) is 42.6 Å².